The quantitative estimate of drug-likeness (QED) is 0.634. The fourth-order valence-electron chi connectivity index (χ4n) is 0.829. The van der Waals surface area contributed by atoms with Gasteiger partial charge in [0.1, 0.15) is 17.5 Å². The lowest BCUT2D eigenvalue weighted by Gasteiger charge is -2.09. The van der Waals surface area contributed by atoms with Crippen molar-refractivity contribution in [3.8, 4) is 6.07 Å². The van der Waals surface area contributed by atoms with Gasteiger partial charge in [-0.15, -0.1) is 0 Å². The van der Waals surface area contributed by atoms with Gasteiger partial charge in [-0.1, -0.05) is 6.92 Å². The largest absolute Gasteiger partial charge is 0.300 e. The van der Waals surface area contributed by atoms with E-state index in [2.05, 4.69) is 0 Å². The Morgan fingerprint density at radius 2 is 1.83 bits per heavy atom. The average Bonchev–Trinajstić information content (AvgIpc) is 1.98. The minimum absolute atomic E-state index is 0.0245. The number of nitriles is 1. The van der Waals surface area contributed by atoms with Gasteiger partial charge in [-0.3, -0.25) is 9.59 Å². The molecule has 0 aromatic rings. The van der Waals surface area contributed by atoms with Gasteiger partial charge in [0.25, 0.3) is 0 Å². The molecule has 0 aromatic carbocycles. The Morgan fingerprint density at radius 1 is 1.33 bits per heavy atom. The van der Waals surface area contributed by atoms with Crippen molar-refractivity contribution in [3.05, 3.63) is 0 Å². The summed E-state index contributed by atoms with van der Waals surface area (Å²) in [6.07, 6.45) is 0.348. The maximum absolute atomic E-state index is 10.8. The van der Waals surface area contributed by atoms with Crippen LogP contribution in [0.2, 0.25) is 0 Å². The molecular formula is C9H13NO2. The van der Waals surface area contributed by atoms with Crippen LogP contribution in [0.5, 0.6) is 0 Å². The highest BCUT2D eigenvalue weighted by atomic mass is 16.1. The topological polar surface area (TPSA) is 57.9 Å². The van der Waals surface area contributed by atoms with Gasteiger partial charge in [0.2, 0.25) is 0 Å². The highest BCUT2D eigenvalue weighted by Gasteiger charge is 2.19. The molecule has 0 aliphatic rings. The van der Waals surface area contributed by atoms with Gasteiger partial charge in [0.05, 0.1) is 6.07 Å². The van der Waals surface area contributed by atoms with E-state index in [1.165, 1.54) is 13.8 Å². The summed E-state index contributed by atoms with van der Waals surface area (Å²) < 4.78 is 0. The number of Topliss-reactive ketones (excluding diaryl/α,β-unsaturated/α-hetero) is 2. The second kappa shape index (κ2) is 4.66. The number of carbonyl (C=O) groups is 2. The lowest BCUT2D eigenvalue weighted by molar-refractivity contribution is -0.122. The zero-order valence-corrected chi connectivity index (χ0v) is 7.63. The van der Waals surface area contributed by atoms with Crippen LogP contribution in [0.3, 0.4) is 0 Å². The summed E-state index contributed by atoms with van der Waals surface area (Å²) in [6.45, 7) is 4.58. The Bertz CT molecular complexity index is 227. The first-order chi connectivity index (χ1) is 5.49. The Balaban J connectivity index is 4.15. The molecule has 0 radical (unpaired) electrons. The normalized spacial score (nSPS) is 14.5. The molecule has 2 unspecified atom stereocenters. The molecule has 0 bridgehead atoms. The van der Waals surface area contributed by atoms with E-state index in [1.54, 1.807) is 6.92 Å². The SMILES string of the molecule is CC(=O)C(C)CC(C#N)C(C)=O. The first kappa shape index (κ1) is 10.8. The molecule has 0 aliphatic heterocycles. The molecule has 0 rings (SSSR count). The van der Waals surface area contributed by atoms with E-state index in [9.17, 15) is 9.59 Å². The molecule has 0 spiro atoms. The Kier molecular flexibility index (Phi) is 4.20. The second-order valence-electron chi connectivity index (χ2n) is 3.04. The predicted molar refractivity (Wildman–Crippen MR) is 44.2 cm³/mol. The van der Waals surface area contributed by atoms with Crippen molar-refractivity contribution >= 4 is 11.6 Å². The molecule has 12 heavy (non-hydrogen) atoms. The number of nitrogens with zero attached hydrogens (tertiary/aromatic N) is 1. The standard InChI is InChI=1S/C9H13NO2/c1-6(7(2)11)4-9(5-10)8(3)12/h6,9H,4H2,1-3H3. The zero-order valence-electron chi connectivity index (χ0n) is 7.63. The zero-order chi connectivity index (χ0) is 9.72. The number of carbonyl (C=O) groups excluding carboxylic acids is 2. The van der Waals surface area contributed by atoms with E-state index in [4.69, 9.17) is 5.26 Å². The van der Waals surface area contributed by atoms with Crippen LogP contribution in [0.1, 0.15) is 27.2 Å². The van der Waals surface area contributed by atoms with Crippen molar-refractivity contribution in [3.63, 3.8) is 0 Å². The molecule has 3 nitrogen and oxygen atoms in total. The van der Waals surface area contributed by atoms with Crippen molar-refractivity contribution in [1.29, 1.82) is 5.26 Å². The third-order valence-electron chi connectivity index (χ3n) is 1.93. The Hall–Kier alpha value is -1.17. The smallest absolute Gasteiger partial charge is 0.146 e. The predicted octanol–water partition coefficient (Wildman–Crippen LogP) is 1.33. The van der Waals surface area contributed by atoms with E-state index in [-0.39, 0.29) is 17.5 Å². The third-order valence-corrected chi connectivity index (χ3v) is 1.93. The maximum Gasteiger partial charge on any atom is 0.146 e. The van der Waals surface area contributed by atoms with Crippen LogP contribution < -0.4 is 0 Å². The molecule has 0 heterocycles. The van der Waals surface area contributed by atoms with Gasteiger partial charge in [0, 0.05) is 5.92 Å². The Labute approximate surface area is 72.4 Å². The lowest BCUT2D eigenvalue weighted by atomic mass is 9.92. The van der Waals surface area contributed by atoms with Gasteiger partial charge < -0.3 is 0 Å². The van der Waals surface area contributed by atoms with Crippen molar-refractivity contribution in [2.45, 2.75) is 27.2 Å². The van der Waals surface area contributed by atoms with E-state index < -0.39 is 5.92 Å². The summed E-state index contributed by atoms with van der Waals surface area (Å²) >= 11 is 0. The molecule has 0 N–H and O–H groups in total. The molecule has 0 saturated carbocycles. The number of rotatable bonds is 4. The molecule has 3 heteroatoms. The van der Waals surface area contributed by atoms with Crippen LogP contribution in [0.4, 0.5) is 0 Å². The van der Waals surface area contributed by atoms with Gasteiger partial charge in [0.15, 0.2) is 0 Å². The van der Waals surface area contributed by atoms with Gasteiger partial charge in [-0.2, -0.15) is 5.26 Å². The first-order valence-electron chi connectivity index (χ1n) is 3.89. The highest BCUT2D eigenvalue weighted by molar-refractivity contribution is 5.83. The number of hydrogen-bond acceptors (Lipinski definition) is 3. The maximum atomic E-state index is 10.8. The van der Waals surface area contributed by atoms with Crippen LogP contribution in [-0.2, 0) is 9.59 Å². The summed E-state index contributed by atoms with van der Waals surface area (Å²) in [5, 5.41) is 8.54. The minimum atomic E-state index is -0.621. The highest BCUT2D eigenvalue weighted by Crippen LogP contribution is 2.13. The first-order valence-corrected chi connectivity index (χ1v) is 3.89. The van der Waals surface area contributed by atoms with Crippen LogP contribution in [0.25, 0.3) is 0 Å². The summed E-state index contributed by atoms with van der Waals surface area (Å²) in [4.78, 5) is 21.6. The third kappa shape index (κ3) is 3.29. The summed E-state index contributed by atoms with van der Waals surface area (Å²) in [5.41, 5.74) is 0. The number of hydrogen-bond donors (Lipinski definition) is 0. The summed E-state index contributed by atoms with van der Waals surface area (Å²) in [5.74, 6) is -0.954. The molecule has 66 valence electrons. The molecule has 0 aromatic heterocycles. The number of ketones is 2. The van der Waals surface area contributed by atoms with Crippen LogP contribution >= 0.6 is 0 Å². The Morgan fingerprint density at radius 3 is 2.08 bits per heavy atom. The van der Waals surface area contributed by atoms with Crippen molar-refractivity contribution in [2.24, 2.45) is 11.8 Å². The van der Waals surface area contributed by atoms with Crippen LogP contribution in [0, 0.1) is 23.2 Å². The molecular weight excluding hydrogens is 154 g/mol. The van der Waals surface area contributed by atoms with Crippen molar-refractivity contribution in [2.75, 3.05) is 0 Å². The monoisotopic (exact) mass is 167 g/mol. The van der Waals surface area contributed by atoms with E-state index >= 15 is 0 Å². The van der Waals surface area contributed by atoms with Gasteiger partial charge in [-0.25, -0.2) is 0 Å². The fourth-order valence-corrected chi connectivity index (χ4v) is 0.829. The van der Waals surface area contributed by atoms with Crippen molar-refractivity contribution in [1.82, 2.24) is 0 Å². The molecule has 0 amide bonds. The second-order valence-corrected chi connectivity index (χ2v) is 3.04. The average molecular weight is 167 g/mol. The molecule has 0 saturated heterocycles. The van der Waals surface area contributed by atoms with Crippen LogP contribution in [-0.4, -0.2) is 11.6 Å². The molecule has 0 fully saturated rings. The fraction of sp³-hybridized carbons (Fsp3) is 0.667. The summed E-state index contributed by atoms with van der Waals surface area (Å²) in [7, 11) is 0. The van der Waals surface area contributed by atoms with Crippen molar-refractivity contribution < 1.29 is 9.59 Å². The van der Waals surface area contributed by atoms with Gasteiger partial charge >= 0.3 is 0 Å². The molecule has 2 atom stereocenters. The summed E-state index contributed by atoms with van der Waals surface area (Å²) in [6, 6.07) is 1.89. The minimum Gasteiger partial charge on any atom is -0.300 e. The van der Waals surface area contributed by atoms with Crippen LogP contribution in [0.15, 0.2) is 0 Å². The van der Waals surface area contributed by atoms with Gasteiger partial charge in [-0.05, 0) is 20.3 Å². The van der Waals surface area contributed by atoms with E-state index in [0.717, 1.165) is 0 Å². The lowest BCUT2D eigenvalue weighted by Crippen LogP contribution is -2.16. The van der Waals surface area contributed by atoms with E-state index in [1.807, 2.05) is 6.07 Å². The van der Waals surface area contributed by atoms with E-state index in [0.29, 0.717) is 6.42 Å². The molecule has 0 aliphatic carbocycles.